The van der Waals surface area contributed by atoms with E-state index in [2.05, 4.69) is 45.2 Å². The number of pyridine rings is 2. The molecule has 21 heavy (non-hydrogen) atoms. The summed E-state index contributed by atoms with van der Waals surface area (Å²) in [5, 5.41) is 9.31. The first-order valence-corrected chi connectivity index (χ1v) is 6.91. The van der Waals surface area contributed by atoms with E-state index in [0.717, 1.165) is 16.6 Å². The molecule has 0 fully saturated rings. The van der Waals surface area contributed by atoms with Crippen molar-refractivity contribution in [3.05, 3.63) is 55.1 Å². The molecule has 5 aromatic rings. The van der Waals surface area contributed by atoms with E-state index in [0.29, 0.717) is 0 Å². The minimum atomic E-state index is 0.998. The van der Waals surface area contributed by atoms with E-state index in [1.807, 2.05) is 36.1 Å². The molecule has 0 saturated carbocycles. The van der Waals surface area contributed by atoms with Crippen molar-refractivity contribution >= 4 is 38.1 Å². The van der Waals surface area contributed by atoms with Crippen LogP contribution in [0.5, 0.6) is 0 Å². The summed E-state index contributed by atoms with van der Waals surface area (Å²) < 4.78 is 4.07. The Labute approximate surface area is 120 Å². The zero-order valence-electron chi connectivity index (χ0n) is 11.5. The first kappa shape index (κ1) is 10.9. The fraction of sp³-hybridized carbons (Fsp3) is 0.0588. The molecule has 100 valence electrons. The molecule has 4 aromatic heterocycles. The van der Waals surface area contributed by atoms with Crippen LogP contribution in [0.2, 0.25) is 0 Å². The van der Waals surface area contributed by atoms with Crippen LogP contribution >= 0.6 is 0 Å². The Morgan fingerprint density at radius 3 is 2.67 bits per heavy atom. The lowest BCUT2D eigenvalue weighted by Crippen LogP contribution is -1.93. The van der Waals surface area contributed by atoms with Crippen molar-refractivity contribution in [2.75, 3.05) is 0 Å². The van der Waals surface area contributed by atoms with Crippen LogP contribution in [0.15, 0.2) is 55.1 Å². The van der Waals surface area contributed by atoms with Crippen molar-refractivity contribution < 1.29 is 0 Å². The highest BCUT2D eigenvalue weighted by atomic mass is 15.2. The third kappa shape index (κ3) is 1.34. The number of fused-ring (bicyclic) bond motifs is 7. The molecule has 0 amide bonds. The molecular formula is C17H12N4. The van der Waals surface area contributed by atoms with Crippen LogP contribution in [-0.2, 0) is 7.05 Å². The molecule has 0 spiro atoms. The first-order chi connectivity index (χ1) is 10.3. The largest absolute Gasteiger partial charge is 0.356 e. The second-order valence-corrected chi connectivity index (χ2v) is 5.45. The standard InChI is InChI=1S/C17H12N4/c1-20-9-11-7-14-13-3-2-5-18-17(13)15-4-6-19-21(15)16(14)8-12(11)10-20/h2-10H,1H3. The van der Waals surface area contributed by atoms with E-state index in [4.69, 9.17) is 0 Å². The molecule has 0 unspecified atom stereocenters. The maximum Gasteiger partial charge on any atom is 0.0966 e. The fourth-order valence-corrected chi connectivity index (χ4v) is 3.21. The molecule has 0 bridgehead atoms. The van der Waals surface area contributed by atoms with Gasteiger partial charge in [-0.3, -0.25) is 4.98 Å². The molecular weight excluding hydrogens is 260 g/mol. The molecule has 0 aliphatic carbocycles. The van der Waals surface area contributed by atoms with Gasteiger partial charge in [-0.1, -0.05) is 6.07 Å². The molecule has 0 atom stereocenters. The van der Waals surface area contributed by atoms with Gasteiger partial charge in [0.1, 0.15) is 0 Å². The highest BCUT2D eigenvalue weighted by Crippen LogP contribution is 2.31. The van der Waals surface area contributed by atoms with Gasteiger partial charge in [0.05, 0.1) is 22.7 Å². The van der Waals surface area contributed by atoms with Gasteiger partial charge in [0.2, 0.25) is 0 Å². The Morgan fingerprint density at radius 1 is 0.905 bits per heavy atom. The van der Waals surface area contributed by atoms with Crippen molar-refractivity contribution in [3.63, 3.8) is 0 Å². The number of rotatable bonds is 0. The Hall–Kier alpha value is -2.88. The van der Waals surface area contributed by atoms with E-state index in [1.165, 1.54) is 21.5 Å². The molecule has 4 heterocycles. The summed E-state index contributed by atoms with van der Waals surface area (Å²) in [6, 6.07) is 10.6. The predicted octanol–water partition coefficient (Wildman–Crippen LogP) is 3.53. The first-order valence-electron chi connectivity index (χ1n) is 6.91. The maximum atomic E-state index is 4.55. The summed E-state index contributed by atoms with van der Waals surface area (Å²) in [4.78, 5) is 4.55. The summed E-state index contributed by atoms with van der Waals surface area (Å²) in [6.07, 6.45) is 7.95. The van der Waals surface area contributed by atoms with Gasteiger partial charge >= 0.3 is 0 Å². The molecule has 0 aliphatic rings. The van der Waals surface area contributed by atoms with Crippen molar-refractivity contribution in [1.82, 2.24) is 19.2 Å². The fourth-order valence-electron chi connectivity index (χ4n) is 3.21. The molecule has 0 saturated heterocycles. The van der Waals surface area contributed by atoms with Gasteiger partial charge in [0, 0.05) is 47.2 Å². The van der Waals surface area contributed by atoms with Crippen LogP contribution in [0.25, 0.3) is 38.1 Å². The van der Waals surface area contributed by atoms with Gasteiger partial charge in [0.15, 0.2) is 0 Å². The van der Waals surface area contributed by atoms with Crippen molar-refractivity contribution in [3.8, 4) is 0 Å². The topological polar surface area (TPSA) is 35.1 Å². The van der Waals surface area contributed by atoms with E-state index in [9.17, 15) is 0 Å². The molecule has 0 aliphatic heterocycles. The third-order valence-electron chi connectivity index (χ3n) is 4.10. The number of hydrogen-bond donors (Lipinski definition) is 0. The Bertz CT molecular complexity index is 1150. The summed E-state index contributed by atoms with van der Waals surface area (Å²) in [6.45, 7) is 0. The molecule has 4 heteroatoms. The lowest BCUT2D eigenvalue weighted by molar-refractivity contribution is 0.933. The Balaban J connectivity index is 2.17. The van der Waals surface area contributed by atoms with Crippen molar-refractivity contribution in [2.24, 2.45) is 7.05 Å². The number of nitrogens with zero attached hydrogens (tertiary/aromatic N) is 4. The summed E-state index contributed by atoms with van der Waals surface area (Å²) in [5.41, 5.74) is 3.17. The van der Waals surface area contributed by atoms with Gasteiger partial charge in [-0.05, 0) is 24.3 Å². The zero-order chi connectivity index (χ0) is 14.0. The second kappa shape index (κ2) is 3.61. The van der Waals surface area contributed by atoms with Gasteiger partial charge in [-0.2, -0.15) is 5.10 Å². The normalized spacial score (nSPS) is 12.0. The Kier molecular flexibility index (Phi) is 1.86. The summed E-state index contributed by atoms with van der Waals surface area (Å²) in [5.74, 6) is 0. The van der Waals surface area contributed by atoms with Crippen molar-refractivity contribution in [1.29, 1.82) is 0 Å². The van der Waals surface area contributed by atoms with Crippen LogP contribution in [0.3, 0.4) is 0 Å². The highest BCUT2D eigenvalue weighted by molar-refractivity contribution is 6.14. The van der Waals surface area contributed by atoms with Gasteiger partial charge in [-0.25, -0.2) is 4.52 Å². The maximum absolute atomic E-state index is 4.55. The molecule has 5 rings (SSSR count). The monoisotopic (exact) mass is 272 g/mol. The van der Waals surface area contributed by atoms with Crippen LogP contribution in [0, 0.1) is 0 Å². The molecule has 0 radical (unpaired) electrons. The van der Waals surface area contributed by atoms with E-state index in [-0.39, 0.29) is 0 Å². The summed E-state index contributed by atoms with van der Waals surface area (Å²) in [7, 11) is 2.05. The summed E-state index contributed by atoms with van der Waals surface area (Å²) >= 11 is 0. The van der Waals surface area contributed by atoms with Gasteiger partial charge in [-0.15, -0.1) is 0 Å². The van der Waals surface area contributed by atoms with Gasteiger partial charge in [0.25, 0.3) is 0 Å². The molecule has 1 aromatic carbocycles. The quantitative estimate of drug-likeness (QED) is 0.404. The van der Waals surface area contributed by atoms with Crippen LogP contribution < -0.4 is 0 Å². The third-order valence-corrected chi connectivity index (χ3v) is 4.10. The smallest absolute Gasteiger partial charge is 0.0966 e. The zero-order valence-corrected chi connectivity index (χ0v) is 11.5. The van der Waals surface area contributed by atoms with E-state index < -0.39 is 0 Å². The van der Waals surface area contributed by atoms with Crippen LogP contribution in [-0.4, -0.2) is 19.2 Å². The number of benzene rings is 1. The van der Waals surface area contributed by atoms with Gasteiger partial charge < -0.3 is 4.57 Å². The van der Waals surface area contributed by atoms with E-state index in [1.54, 1.807) is 0 Å². The average Bonchev–Trinajstić information content (AvgIpc) is 3.10. The number of aromatic nitrogens is 4. The van der Waals surface area contributed by atoms with Crippen LogP contribution in [0.1, 0.15) is 0 Å². The average molecular weight is 272 g/mol. The lowest BCUT2D eigenvalue weighted by Gasteiger charge is -2.07. The predicted molar refractivity (Wildman–Crippen MR) is 84.5 cm³/mol. The number of aryl methyl sites for hydroxylation is 1. The minimum Gasteiger partial charge on any atom is -0.356 e. The number of hydrogen-bond acceptors (Lipinski definition) is 2. The molecule has 0 N–H and O–H groups in total. The second-order valence-electron chi connectivity index (χ2n) is 5.45. The lowest BCUT2D eigenvalue weighted by atomic mass is 10.1. The molecule has 4 nitrogen and oxygen atoms in total. The van der Waals surface area contributed by atoms with Crippen molar-refractivity contribution in [2.45, 2.75) is 0 Å². The van der Waals surface area contributed by atoms with Crippen LogP contribution in [0.4, 0.5) is 0 Å². The van der Waals surface area contributed by atoms with E-state index >= 15 is 0 Å². The highest BCUT2D eigenvalue weighted by Gasteiger charge is 2.11. The Morgan fingerprint density at radius 2 is 1.76 bits per heavy atom. The SMILES string of the molecule is Cn1cc2cc3c4cccnc4c4ccnn4c3cc2c1. The minimum absolute atomic E-state index is 0.998.